The summed E-state index contributed by atoms with van der Waals surface area (Å²) >= 11 is 0. The molecule has 6 nitrogen and oxygen atoms in total. The lowest BCUT2D eigenvalue weighted by atomic mass is 9.90. The van der Waals surface area contributed by atoms with Crippen molar-refractivity contribution < 1.29 is 4.79 Å². The number of anilines is 1. The maximum absolute atomic E-state index is 12.7. The maximum Gasteiger partial charge on any atom is 0.229 e. The molecule has 0 aliphatic carbocycles. The second-order valence-electron chi connectivity index (χ2n) is 6.22. The first-order valence-corrected chi connectivity index (χ1v) is 8.05. The predicted molar refractivity (Wildman–Crippen MR) is 92.7 cm³/mol. The third-order valence-electron chi connectivity index (χ3n) is 4.57. The van der Waals surface area contributed by atoms with E-state index < -0.39 is 0 Å². The number of hydrogen-bond donors (Lipinski definition) is 2. The van der Waals surface area contributed by atoms with E-state index in [2.05, 4.69) is 20.7 Å². The molecular formula is C18H19N5O. The summed E-state index contributed by atoms with van der Waals surface area (Å²) in [7, 11) is 1.89. The number of carbonyl (C=O) groups is 1. The topological polar surface area (TPSA) is 71.8 Å². The van der Waals surface area contributed by atoms with Crippen LogP contribution in [0.2, 0.25) is 0 Å². The van der Waals surface area contributed by atoms with Crippen LogP contribution >= 0.6 is 0 Å². The Balaban J connectivity index is 1.54. The lowest BCUT2D eigenvalue weighted by Gasteiger charge is -2.17. The van der Waals surface area contributed by atoms with E-state index in [-0.39, 0.29) is 17.7 Å². The number of aromatic nitrogens is 3. The van der Waals surface area contributed by atoms with Crippen LogP contribution < -0.4 is 10.6 Å². The fraction of sp³-hybridized carbons (Fsp3) is 0.278. The molecule has 1 aliphatic heterocycles. The number of hydrogen-bond acceptors (Lipinski definition) is 4. The Morgan fingerprint density at radius 1 is 1.33 bits per heavy atom. The van der Waals surface area contributed by atoms with Gasteiger partial charge in [-0.2, -0.15) is 5.10 Å². The zero-order valence-corrected chi connectivity index (χ0v) is 13.4. The van der Waals surface area contributed by atoms with Gasteiger partial charge in [0.15, 0.2) is 0 Å². The van der Waals surface area contributed by atoms with E-state index in [1.165, 1.54) is 0 Å². The van der Waals surface area contributed by atoms with Gasteiger partial charge in [-0.1, -0.05) is 6.07 Å². The van der Waals surface area contributed by atoms with Crippen molar-refractivity contribution in [1.29, 1.82) is 0 Å². The minimum absolute atomic E-state index is 0.0390. The molecule has 3 aromatic rings. The van der Waals surface area contributed by atoms with Crippen LogP contribution in [-0.2, 0) is 11.8 Å². The number of fused-ring (bicyclic) bond motifs is 1. The molecule has 122 valence electrons. The van der Waals surface area contributed by atoms with Crippen LogP contribution in [0, 0.1) is 5.92 Å². The second kappa shape index (κ2) is 6.05. The molecule has 0 spiro atoms. The van der Waals surface area contributed by atoms with Crippen LogP contribution in [0.1, 0.15) is 11.5 Å². The van der Waals surface area contributed by atoms with Crippen molar-refractivity contribution in [3.05, 3.63) is 54.5 Å². The van der Waals surface area contributed by atoms with Gasteiger partial charge < -0.3 is 10.6 Å². The molecule has 0 saturated carbocycles. The number of benzene rings is 1. The molecule has 0 unspecified atom stereocenters. The van der Waals surface area contributed by atoms with Crippen molar-refractivity contribution in [1.82, 2.24) is 20.1 Å². The molecule has 2 N–H and O–H groups in total. The predicted octanol–water partition coefficient (Wildman–Crippen LogP) is 1.91. The van der Waals surface area contributed by atoms with Crippen LogP contribution in [0.4, 0.5) is 5.69 Å². The highest BCUT2D eigenvalue weighted by molar-refractivity contribution is 5.95. The van der Waals surface area contributed by atoms with E-state index in [1.54, 1.807) is 10.9 Å². The smallest absolute Gasteiger partial charge is 0.229 e. The summed E-state index contributed by atoms with van der Waals surface area (Å²) < 4.78 is 1.78. The van der Waals surface area contributed by atoms with Gasteiger partial charge >= 0.3 is 0 Å². The molecule has 1 aliphatic rings. The highest BCUT2D eigenvalue weighted by Crippen LogP contribution is 2.29. The molecule has 1 fully saturated rings. The Kier molecular flexibility index (Phi) is 3.74. The fourth-order valence-electron chi connectivity index (χ4n) is 3.32. The van der Waals surface area contributed by atoms with Crippen LogP contribution in [0.15, 0.2) is 48.9 Å². The number of aryl methyl sites for hydroxylation is 1. The van der Waals surface area contributed by atoms with Gasteiger partial charge in [-0.15, -0.1) is 0 Å². The van der Waals surface area contributed by atoms with E-state index in [1.807, 2.05) is 49.8 Å². The van der Waals surface area contributed by atoms with Gasteiger partial charge in [0.2, 0.25) is 5.91 Å². The summed E-state index contributed by atoms with van der Waals surface area (Å²) in [5.74, 6) is 0.0942. The number of nitrogens with one attached hydrogen (secondary N) is 2. The minimum atomic E-state index is -0.0983. The summed E-state index contributed by atoms with van der Waals surface area (Å²) in [5.41, 5.74) is 2.83. The Bertz CT molecular complexity index is 888. The molecule has 1 saturated heterocycles. The lowest BCUT2D eigenvalue weighted by Crippen LogP contribution is -2.28. The summed E-state index contributed by atoms with van der Waals surface area (Å²) in [6.45, 7) is 1.48. The number of amides is 1. The van der Waals surface area contributed by atoms with Gasteiger partial charge in [0.1, 0.15) is 0 Å². The average molecular weight is 321 g/mol. The molecule has 0 radical (unpaired) electrons. The summed E-state index contributed by atoms with van der Waals surface area (Å²) in [5, 5.41) is 11.6. The van der Waals surface area contributed by atoms with E-state index in [0.717, 1.165) is 28.7 Å². The van der Waals surface area contributed by atoms with Crippen LogP contribution in [0.25, 0.3) is 10.9 Å². The monoisotopic (exact) mass is 321 g/mol. The molecule has 6 heteroatoms. The lowest BCUT2D eigenvalue weighted by molar-refractivity contribution is -0.119. The Labute approximate surface area is 139 Å². The normalized spacial score (nSPS) is 20.4. The molecule has 2 atom stereocenters. The average Bonchev–Trinajstić information content (AvgIpc) is 3.23. The Morgan fingerprint density at radius 3 is 3.08 bits per heavy atom. The third kappa shape index (κ3) is 2.76. The fourth-order valence-corrected chi connectivity index (χ4v) is 3.32. The Morgan fingerprint density at radius 2 is 2.25 bits per heavy atom. The van der Waals surface area contributed by atoms with E-state index in [9.17, 15) is 4.79 Å². The van der Waals surface area contributed by atoms with E-state index in [0.29, 0.717) is 6.54 Å². The van der Waals surface area contributed by atoms with Crippen LogP contribution in [0.5, 0.6) is 0 Å². The van der Waals surface area contributed by atoms with Gasteiger partial charge in [-0.05, 0) is 29.8 Å². The van der Waals surface area contributed by atoms with Crippen molar-refractivity contribution in [3.63, 3.8) is 0 Å². The van der Waals surface area contributed by atoms with Gasteiger partial charge in [0, 0.05) is 49.5 Å². The SMILES string of the molecule is Cn1cc([C@H]2CNC[C@@H]2C(=O)Nc2ccc3ncccc3c2)cn1. The first-order valence-electron chi connectivity index (χ1n) is 8.05. The molecular weight excluding hydrogens is 302 g/mol. The second-order valence-corrected chi connectivity index (χ2v) is 6.22. The number of carbonyl (C=O) groups excluding carboxylic acids is 1. The van der Waals surface area contributed by atoms with Crippen molar-refractivity contribution in [3.8, 4) is 0 Å². The first kappa shape index (κ1) is 14.8. The molecule has 3 heterocycles. The van der Waals surface area contributed by atoms with Crippen LogP contribution in [0.3, 0.4) is 0 Å². The summed E-state index contributed by atoms with van der Waals surface area (Å²) in [6.07, 6.45) is 5.60. The Hall–Kier alpha value is -2.73. The minimum Gasteiger partial charge on any atom is -0.326 e. The van der Waals surface area contributed by atoms with E-state index >= 15 is 0 Å². The molecule has 1 aromatic carbocycles. The van der Waals surface area contributed by atoms with Crippen molar-refractivity contribution in [2.24, 2.45) is 13.0 Å². The van der Waals surface area contributed by atoms with Crippen molar-refractivity contribution >= 4 is 22.5 Å². The van der Waals surface area contributed by atoms with Crippen molar-refractivity contribution in [2.45, 2.75) is 5.92 Å². The summed E-state index contributed by atoms with van der Waals surface area (Å²) in [4.78, 5) is 17.0. The maximum atomic E-state index is 12.7. The molecule has 0 bridgehead atoms. The standard InChI is InChI=1S/C18H19N5O/c1-23-11-13(8-21-23)15-9-19-10-16(15)18(24)22-14-4-5-17-12(7-14)3-2-6-20-17/h2-8,11,15-16,19H,9-10H2,1H3,(H,22,24)/t15-,16+/m1/s1. The first-order chi connectivity index (χ1) is 11.7. The van der Waals surface area contributed by atoms with E-state index in [4.69, 9.17) is 0 Å². The number of nitrogens with zero attached hydrogens (tertiary/aromatic N) is 3. The molecule has 1 amide bonds. The van der Waals surface area contributed by atoms with Crippen molar-refractivity contribution in [2.75, 3.05) is 18.4 Å². The molecule has 24 heavy (non-hydrogen) atoms. The zero-order valence-electron chi connectivity index (χ0n) is 13.4. The summed E-state index contributed by atoms with van der Waals surface area (Å²) in [6, 6.07) is 9.67. The quantitative estimate of drug-likeness (QED) is 0.773. The highest BCUT2D eigenvalue weighted by Gasteiger charge is 2.34. The largest absolute Gasteiger partial charge is 0.326 e. The molecule has 4 rings (SSSR count). The van der Waals surface area contributed by atoms with Gasteiger partial charge in [0.25, 0.3) is 0 Å². The number of rotatable bonds is 3. The zero-order chi connectivity index (χ0) is 16.5. The van der Waals surface area contributed by atoms with Crippen LogP contribution in [-0.4, -0.2) is 33.8 Å². The van der Waals surface area contributed by atoms with Gasteiger partial charge in [-0.3, -0.25) is 14.5 Å². The number of pyridine rings is 1. The van der Waals surface area contributed by atoms with Gasteiger partial charge in [0.05, 0.1) is 17.6 Å². The highest BCUT2D eigenvalue weighted by atomic mass is 16.1. The van der Waals surface area contributed by atoms with Gasteiger partial charge in [-0.25, -0.2) is 0 Å². The molecule has 2 aromatic heterocycles. The third-order valence-corrected chi connectivity index (χ3v) is 4.57.